The third kappa shape index (κ3) is 5.44. The Labute approximate surface area is 170 Å². The lowest BCUT2D eigenvalue weighted by atomic mass is 9.81. The molecule has 2 aromatic rings. The van der Waals surface area contributed by atoms with Crippen LogP contribution >= 0.6 is 0 Å². The first kappa shape index (κ1) is 20.6. The lowest BCUT2D eigenvalue weighted by Crippen LogP contribution is -2.32. The SMILES string of the molecule is COc1cccc(NC(=O)C2CCC(C(=O)Nc3ccc(C(C)=O)cc3)CC2)c1. The lowest BCUT2D eigenvalue weighted by Gasteiger charge is -2.27. The maximum absolute atomic E-state index is 12.5. The molecule has 0 heterocycles. The van der Waals surface area contributed by atoms with Crippen LogP contribution in [0.4, 0.5) is 11.4 Å². The summed E-state index contributed by atoms with van der Waals surface area (Å²) in [6.07, 6.45) is 2.70. The van der Waals surface area contributed by atoms with Crippen LogP contribution in [0.25, 0.3) is 0 Å². The number of carbonyl (C=O) groups excluding carboxylic acids is 3. The summed E-state index contributed by atoms with van der Waals surface area (Å²) in [7, 11) is 1.59. The monoisotopic (exact) mass is 394 g/mol. The second-order valence-electron chi connectivity index (χ2n) is 7.39. The van der Waals surface area contributed by atoms with Crippen LogP contribution in [0.2, 0.25) is 0 Å². The Morgan fingerprint density at radius 3 is 1.90 bits per heavy atom. The van der Waals surface area contributed by atoms with Gasteiger partial charge in [0.15, 0.2) is 5.78 Å². The number of rotatable bonds is 6. The number of anilines is 2. The molecule has 1 saturated carbocycles. The molecule has 0 atom stereocenters. The second kappa shape index (κ2) is 9.37. The van der Waals surface area contributed by atoms with E-state index in [4.69, 9.17) is 4.74 Å². The van der Waals surface area contributed by atoms with Crippen LogP contribution in [0.15, 0.2) is 48.5 Å². The minimum Gasteiger partial charge on any atom is -0.497 e. The standard InChI is InChI=1S/C23H26N2O4/c1-15(26)16-10-12-19(13-11-16)24-22(27)17-6-8-18(9-7-17)23(28)25-20-4-3-5-21(14-20)29-2/h3-5,10-14,17-18H,6-9H2,1-2H3,(H,24,27)(H,25,28). The largest absolute Gasteiger partial charge is 0.497 e. The molecule has 0 saturated heterocycles. The van der Waals surface area contributed by atoms with Gasteiger partial charge in [0.05, 0.1) is 7.11 Å². The molecule has 1 aliphatic carbocycles. The fourth-order valence-corrected chi connectivity index (χ4v) is 3.60. The first-order valence-electron chi connectivity index (χ1n) is 9.83. The van der Waals surface area contributed by atoms with E-state index in [2.05, 4.69) is 10.6 Å². The zero-order valence-electron chi connectivity index (χ0n) is 16.7. The van der Waals surface area contributed by atoms with Crippen molar-refractivity contribution >= 4 is 29.0 Å². The van der Waals surface area contributed by atoms with Gasteiger partial charge in [-0.2, -0.15) is 0 Å². The van der Waals surface area contributed by atoms with Crippen LogP contribution in [-0.2, 0) is 9.59 Å². The predicted molar refractivity (Wildman–Crippen MR) is 112 cm³/mol. The van der Waals surface area contributed by atoms with Crippen LogP contribution in [0.3, 0.4) is 0 Å². The molecule has 152 valence electrons. The van der Waals surface area contributed by atoms with Gasteiger partial charge in [-0.3, -0.25) is 14.4 Å². The lowest BCUT2D eigenvalue weighted by molar-refractivity contribution is -0.125. The highest BCUT2D eigenvalue weighted by atomic mass is 16.5. The summed E-state index contributed by atoms with van der Waals surface area (Å²) < 4.78 is 5.18. The summed E-state index contributed by atoms with van der Waals surface area (Å²) in [6.45, 7) is 1.51. The first-order chi connectivity index (χ1) is 14.0. The Morgan fingerprint density at radius 1 is 0.828 bits per heavy atom. The highest BCUT2D eigenvalue weighted by Gasteiger charge is 2.30. The quantitative estimate of drug-likeness (QED) is 0.716. The van der Waals surface area contributed by atoms with E-state index in [1.165, 1.54) is 6.92 Å². The molecule has 0 unspecified atom stereocenters. The molecule has 6 heteroatoms. The topological polar surface area (TPSA) is 84.5 Å². The number of methoxy groups -OCH3 is 1. The third-order valence-corrected chi connectivity index (χ3v) is 5.37. The number of hydrogen-bond donors (Lipinski definition) is 2. The minimum absolute atomic E-state index is 0.00609. The number of benzene rings is 2. The smallest absolute Gasteiger partial charge is 0.227 e. The maximum Gasteiger partial charge on any atom is 0.227 e. The third-order valence-electron chi connectivity index (χ3n) is 5.37. The van der Waals surface area contributed by atoms with Crippen molar-refractivity contribution in [1.29, 1.82) is 0 Å². The number of nitrogens with one attached hydrogen (secondary N) is 2. The molecule has 1 aliphatic rings. The molecule has 0 spiro atoms. The highest BCUT2D eigenvalue weighted by molar-refractivity contribution is 5.96. The van der Waals surface area contributed by atoms with Crippen LogP contribution in [0.1, 0.15) is 43.0 Å². The van der Waals surface area contributed by atoms with E-state index in [9.17, 15) is 14.4 Å². The van der Waals surface area contributed by atoms with Gasteiger partial charge in [0.1, 0.15) is 5.75 Å². The fraction of sp³-hybridized carbons (Fsp3) is 0.348. The average molecular weight is 394 g/mol. The zero-order chi connectivity index (χ0) is 20.8. The van der Waals surface area contributed by atoms with Gasteiger partial charge in [-0.25, -0.2) is 0 Å². The molecule has 0 radical (unpaired) electrons. The number of amides is 2. The molecule has 2 aromatic carbocycles. The predicted octanol–water partition coefficient (Wildman–Crippen LogP) is 4.28. The minimum atomic E-state index is -0.108. The van der Waals surface area contributed by atoms with E-state index in [1.807, 2.05) is 18.2 Å². The van der Waals surface area contributed by atoms with Crippen molar-refractivity contribution in [2.45, 2.75) is 32.6 Å². The van der Waals surface area contributed by atoms with E-state index >= 15 is 0 Å². The molecule has 2 amide bonds. The van der Waals surface area contributed by atoms with E-state index < -0.39 is 0 Å². The van der Waals surface area contributed by atoms with Gasteiger partial charge in [-0.05, 0) is 69.0 Å². The van der Waals surface area contributed by atoms with Crippen LogP contribution in [0.5, 0.6) is 5.75 Å². The molecule has 0 aromatic heterocycles. The van der Waals surface area contributed by atoms with Gasteiger partial charge in [-0.15, -0.1) is 0 Å². The average Bonchev–Trinajstić information content (AvgIpc) is 2.74. The van der Waals surface area contributed by atoms with Gasteiger partial charge >= 0.3 is 0 Å². The molecule has 3 rings (SSSR count). The second-order valence-corrected chi connectivity index (χ2v) is 7.39. The van der Waals surface area contributed by atoms with Crippen molar-refractivity contribution in [3.8, 4) is 5.75 Å². The Balaban J connectivity index is 1.49. The summed E-state index contributed by atoms with van der Waals surface area (Å²) in [5, 5.41) is 5.85. The summed E-state index contributed by atoms with van der Waals surface area (Å²) in [6, 6.07) is 14.2. The highest BCUT2D eigenvalue weighted by Crippen LogP contribution is 2.31. The van der Waals surface area contributed by atoms with E-state index in [-0.39, 0.29) is 29.4 Å². The van der Waals surface area contributed by atoms with Crippen molar-refractivity contribution in [2.75, 3.05) is 17.7 Å². The fourth-order valence-electron chi connectivity index (χ4n) is 3.60. The molecule has 0 bridgehead atoms. The van der Waals surface area contributed by atoms with Crippen LogP contribution < -0.4 is 15.4 Å². The van der Waals surface area contributed by atoms with E-state index in [0.29, 0.717) is 48.4 Å². The Morgan fingerprint density at radius 2 is 1.38 bits per heavy atom. The molecule has 6 nitrogen and oxygen atoms in total. The number of ketones is 1. The molecule has 0 aliphatic heterocycles. The van der Waals surface area contributed by atoms with E-state index in [1.54, 1.807) is 37.4 Å². The van der Waals surface area contributed by atoms with Crippen molar-refractivity contribution in [2.24, 2.45) is 11.8 Å². The molecule has 1 fully saturated rings. The number of carbonyl (C=O) groups is 3. The first-order valence-corrected chi connectivity index (χ1v) is 9.83. The summed E-state index contributed by atoms with van der Waals surface area (Å²) >= 11 is 0. The van der Waals surface area contributed by atoms with Gasteiger partial charge < -0.3 is 15.4 Å². The zero-order valence-corrected chi connectivity index (χ0v) is 16.7. The van der Waals surface area contributed by atoms with Crippen molar-refractivity contribution in [3.05, 3.63) is 54.1 Å². The van der Waals surface area contributed by atoms with Gasteiger partial charge in [0.2, 0.25) is 11.8 Å². The van der Waals surface area contributed by atoms with E-state index in [0.717, 1.165) is 0 Å². The Bertz CT molecular complexity index is 884. The van der Waals surface area contributed by atoms with Gasteiger partial charge in [0, 0.05) is 34.8 Å². The molecule has 2 N–H and O–H groups in total. The Hall–Kier alpha value is -3.15. The normalized spacial score (nSPS) is 18.6. The number of ether oxygens (including phenoxy) is 1. The number of Topliss-reactive ketones (excluding diaryl/α,β-unsaturated/α-hetero) is 1. The van der Waals surface area contributed by atoms with Crippen LogP contribution in [0, 0.1) is 11.8 Å². The van der Waals surface area contributed by atoms with Crippen molar-refractivity contribution in [3.63, 3.8) is 0 Å². The molecular formula is C23H26N2O4. The summed E-state index contributed by atoms with van der Waals surface area (Å²) in [4.78, 5) is 36.4. The van der Waals surface area contributed by atoms with Crippen LogP contribution in [-0.4, -0.2) is 24.7 Å². The van der Waals surface area contributed by atoms with Gasteiger partial charge in [0.25, 0.3) is 0 Å². The Kier molecular flexibility index (Phi) is 6.65. The molecule has 29 heavy (non-hydrogen) atoms. The summed E-state index contributed by atoms with van der Waals surface area (Å²) in [5.74, 6) is 0.431. The van der Waals surface area contributed by atoms with Crippen molar-refractivity contribution < 1.29 is 19.1 Å². The molecular weight excluding hydrogens is 368 g/mol. The number of hydrogen-bond acceptors (Lipinski definition) is 4. The van der Waals surface area contributed by atoms with Crippen molar-refractivity contribution in [1.82, 2.24) is 0 Å². The maximum atomic E-state index is 12.5. The van der Waals surface area contributed by atoms with Gasteiger partial charge in [-0.1, -0.05) is 6.07 Å². The summed E-state index contributed by atoms with van der Waals surface area (Å²) in [5.41, 5.74) is 2.01.